The molecule has 3 aromatic rings. The minimum Gasteiger partial charge on any atom is -0.478 e. The molecule has 1 aliphatic rings. The molecule has 6 nitrogen and oxygen atoms in total. The van der Waals surface area contributed by atoms with Crippen molar-refractivity contribution < 1.29 is 32.0 Å². The number of anilines is 1. The van der Waals surface area contributed by atoms with Crippen molar-refractivity contribution in [3.05, 3.63) is 53.3 Å². The number of benzene rings is 2. The first-order chi connectivity index (χ1) is 15.1. The fourth-order valence-electron chi connectivity index (χ4n) is 3.89. The number of carboxylic acids is 1. The van der Waals surface area contributed by atoms with Gasteiger partial charge in [-0.3, -0.25) is 0 Å². The van der Waals surface area contributed by atoms with Gasteiger partial charge in [-0.25, -0.2) is 9.18 Å². The van der Waals surface area contributed by atoms with Crippen molar-refractivity contribution in [2.24, 2.45) is 0 Å². The minimum atomic E-state index is -4.58. The third-order valence-corrected chi connectivity index (χ3v) is 5.55. The van der Waals surface area contributed by atoms with Gasteiger partial charge in [0.05, 0.1) is 11.1 Å². The topological polar surface area (TPSA) is 79.5 Å². The van der Waals surface area contributed by atoms with Gasteiger partial charge in [-0.05, 0) is 62.6 Å². The van der Waals surface area contributed by atoms with Gasteiger partial charge in [0.25, 0.3) is 5.89 Å². The Labute approximate surface area is 180 Å². The number of halogens is 4. The number of aromatic nitrogens is 2. The second-order valence-electron chi connectivity index (χ2n) is 7.69. The van der Waals surface area contributed by atoms with Crippen LogP contribution < -0.4 is 4.90 Å². The van der Waals surface area contributed by atoms with Gasteiger partial charge in [-0.2, -0.15) is 18.2 Å². The van der Waals surface area contributed by atoms with Crippen LogP contribution in [0, 0.1) is 5.82 Å². The summed E-state index contributed by atoms with van der Waals surface area (Å²) >= 11 is 0. The van der Waals surface area contributed by atoms with Crippen LogP contribution in [0.25, 0.3) is 22.8 Å². The van der Waals surface area contributed by atoms with E-state index in [4.69, 9.17) is 9.63 Å². The number of rotatable bonds is 4. The van der Waals surface area contributed by atoms with Gasteiger partial charge in [0.15, 0.2) is 0 Å². The summed E-state index contributed by atoms with van der Waals surface area (Å²) in [7, 11) is 0. The molecule has 0 bridgehead atoms. The number of carboxylic acid groups (broad SMARTS) is 1. The van der Waals surface area contributed by atoms with Crippen LogP contribution in [0.4, 0.5) is 23.2 Å². The third-order valence-electron chi connectivity index (χ3n) is 5.55. The highest BCUT2D eigenvalue weighted by Crippen LogP contribution is 2.41. The fourth-order valence-corrected chi connectivity index (χ4v) is 3.89. The fraction of sp³-hybridized carbons (Fsp3) is 0.318. The predicted octanol–water partition coefficient (Wildman–Crippen LogP) is 5.64. The first-order valence-corrected chi connectivity index (χ1v) is 10.0. The van der Waals surface area contributed by atoms with Gasteiger partial charge in [-0.15, -0.1) is 0 Å². The van der Waals surface area contributed by atoms with Gasteiger partial charge in [0, 0.05) is 29.4 Å². The summed E-state index contributed by atoms with van der Waals surface area (Å²) in [5.74, 6) is -2.64. The van der Waals surface area contributed by atoms with Crippen LogP contribution >= 0.6 is 0 Å². The molecule has 1 unspecified atom stereocenters. The van der Waals surface area contributed by atoms with E-state index in [-0.39, 0.29) is 34.6 Å². The molecule has 1 N–H and O–H groups in total. The average molecular weight is 449 g/mol. The molecule has 32 heavy (non-hydrogen) atoms. The molecule has 10 heteroatoms. The molecule has 0 aliphatic carbocycles. The lowest BCUT2D eigenvalue weighted by Crippen LogP contribution is -2.38. The Hall–Kier alpha value is -3.43. The second-order valence-corrected chi connectivity index (χ2v) is 7.69. The van der Waals surface area contributed by atoms with Crippen LogP contribution in [0.2, 0.25) is 0 Å². The van der Waals surface area contributed by atoms with Crippen molar-refractivity contribution in [2.45, 2.75) is 38.4 Å². The van der Waals surface area contributed by atoms with Crippen LogP contribution in [0.1, 0.15) is 42.1 Å². The lowest BCUT2D eigenvalue weighted by molar-refractivity contribution is -0.137. The minimum absolute atomic E-state index is 0.00521. The zero-order valence-corrected chi connectivity index (χ0v) is 17.0. The van der Waals surface area contributed by atoms with Crippen molar-refractivity contribution in [3.8, 4) is 22.8 Å². The third kappa shape index (κ3) is 4.17. The van der Waals surface area contributed by atoms with E-state index in [1.807, 2.05) is 6.92 Å². The Morgan fingerprint density at radius 3 is 2.56 bits per heavy atom. The molecule has 1 saturated heterocycles. The Balaban J connectivity index is 1.70. The maximum atomic E-state index is 14.0. The molecule has 1 fully saturated rings. The molecule has 2 aromatic carbocycles. The van der Waals surface area contributed by atoms with Gasteiger partial charge in [0.1, 0.15) is 5.82 Å². The molecule has 0 amide bonds. The molecular formula is C22H19F4N3O3. The van der Waals surface area contributed by atoms with Crippen molar-refractivity contribution >= 4 is 11.7 Å². The molecule has 1 atom stereocenters. The Morgan fingerprint density at radius 2 is 1.91 bits per heavy atom. The van der Waals surface area contributed by atoms with Gasteiger partial charge in [-0.1, -0.05) is 5.16 Å². The smallest absolute Gasteiger partial charge is 0.418 e. The van der Waals surface area contributed by atoms with Crippen molar-refractivity contribution in [3.63, 3.8) is 0 Å². The van der Waals surface area contributed by atoms with Crippen molar-refractivity contribution in [1.82, 2.24) is 10.1 Å². The van der Waals surface area contributed by atoms with Gasteiger partial charge in [0.2, 0.25) is 5.82 Å². The number of piperidine rings is 1. The molecule has 2 heterocycles. The molecule has 0 radical (unpaired) electrons. The first kappa shape index (κ1) is 21.8. The zero-order valence-electron chi connectivity index (χ0n) is 17.0. The number of aromatic carboxylic acids is 1. The van der Waals surface area contributed by atoms with Gasteiger partial charge < -0.3 is 14.5 Å². The zero-order chi connectivity index (χ0) is 23.0. The first-order valence-electron chi connectivity index (χ1n) is 10.0. The molecule has 1 aromatic heterocycles. The van der Waals surface area contributed by atoms with E-state index in [1.54, 1.807) is 4.90 Å². The normalized spacial score (nSPS) is 16.9. The SMILES string of the molecule is CC1CCCCN1c1ccc(-c2nc(-c3ccc(C(=O)O)c(F)c3)no2)cc1C(F)(F)F. The van der Waals surface area contributed by atoms with E-state index < -0.39 is 29.1 Å². The number of carbonyl (C=O) groups is 1. The Kier molecular flexibility index (Phi) is 5.62. The van der Waals surface area contributed by atoms with E-state index in [1.165, 1.54) is 18.2 Å². The molecule has 0 saturated carbocycles. The molecule has 168 valence electrons. The molecular weight excluding hydrogens is 430 g/mol. The van der Waals surface area contributed by atoms with Crippen LogP contribution in [0.5, 0.6) is 0 Å². The number of nitrogens with zero attached hydrogens (tertiary/aromatic N) is 3. The number of hydrogen-bond acceptors (Lipinski definition) is 5. The lowest BCUT2D eigenvalue weighted by Gasteiger charge is -2.37. The van der Waals surface area contributed by atoms with E-state index >= 15 is 0 Å². The van der Waals surface area contributed by atoms with E-state index in [9.17, 15) is 22.4 Å². The maximum absolute atomic E-state index is 14.0. The summed E-state index contributed by atoms with van der Waals surface area (Å²) in [6.45, 7) is 2.46. The van der Waals surface area contributed by atoms with Crippen LogP contribution in [-0.2, 0) is 6.18 Å². The summed E-state index contributed by atoms with van der Waals surface area (Å²) < 4.78 is 60.7. The Morgan fingerprint density at radius 1 is 1.16 bits per heavy atom. The van der Waals surface area contributed by atoms with Gasteiger partial charge >= 0.3 is 12.1 Å². The largest absolute Gasteiger partial charge is 0.478 e. The van der Waals surface area contributed by atoms with Crippen LogP contribution in [0.3, 0.4) is 0 Å². The van der Waals surface area contributed by atoms with E-state index in [0.29, 0.717) is 6.54 Å². The maximum Gasteiger partial charge on any atom is 0.418 e. The average Bonchev–Trinajstić information content (AvgIpc) is 3.23. The lowest BCUT2D eigenvalue weighted by atomic mass is 9.99. The van der Waals surface area contributed by atoms with E-state index in [0.717, 1.165) is 37.5 Å². The van der Waals surface area contributed by atoms with Crippen molar-refractivity contribution in [2.75, 3.05) is 11.4 Å². The quantitative estimate of drug-likeness (QED) is 0.520. The highest BCUT2D eigenvalue weighted by Gasteiger charge is 2.37. The van der Waals surface area contributed by atoms with E-state index in [2.05, 4.69) is 10.1 Å². The standard InChI is InChI=1S/C22H19F4N3O3/c1-12-4-2-3-9-29(12)18-8-6-14(10-16(18)22(24,25)26)20-27-19(28-32-20)13-5-7-15(21(30)31)17(23)11-13/h5-8,10-12H,2-4,9H2,1H3,(H,30,31). The highest BCUT2D eigenvalue weighted by molar-refractivity contribution is 5.88. The predicted molar refractivity (Wildman–Crippen MR) is 108 cm³/mol. The molecule has 1 aliphatic heterocycles. The van der Waals surface area contributed by atoms with Crippen molar-refractivity contribution in [1.29, 1.82) is 0 Å². The number of hydrogen-bond donors (Lipinski definition) is 1. The summed E-state index contributed by atoms with van der Waals surface area (Å²) in [6.07, 6.45) is -1.95. The highest BCUT2D eigenvalue weighted by atomic mass is 19.4. The molecule has 4 rings (SSSR count). The Bertz CT molecular complexity index is 1160. The summed E-state index contributed by atoms with van der Waals surface area (Å²) in [5.41, 5.74) is -0.987. The monoisotopic (exact) mass is 449 g/mol. The summed E-state index contributed by atoms with van der Waals surface area (Å²) in [6, 6.07) is 7.14. The summed E-state index contributed by atoms with van der Waals surface area (Å²) in [5, 5.41) is 12.6. The number of alkyl halides is 3. The van der Waals surface area contributed by atoms with Crippen LogP contribution in [-0.4, -0.2) is 33.8 Å². The van der Waals surface area contributed by atoms with Crippen LogP contribution in [0.15, 0.2) is 40.9 Å². The second kappa shape index (κ2) is 8.25. The summed E-state index contributed by atoms with van der Waals surface area (Å²) in [4.78, 5) is 16.8. The molecule has 0 spiro atoms.